The van der Waals surface area contributed by atoms with E-state index in [1.54, 1.807) is 6.20 Å². The maximum Gasteiger partial charge on any atom is 0.223 e. The molecule has 0 spiro atoms. The Morgan fingerprint density at radius 3 is 2.59 bits per heavy atom. The highest BCUT2D eigenvalue weighted by atomic mass is 16.5. The van der Waals surface area contributed by atoms with Crippen LogP contribution in [0.25, 0.3) is 22.6 Å². The number of hydrogen-bond acceptors (Lipinski definition) is 9. The number of hydrogen-bond donors (Lipinski definition) is 1. The zero-order chi connectivity index (χ0) is 21.9. The van der Waals surface area contributed by atoms with Crippen LogP contribution in [-0.2, 0) is 11.3 Å². The van der Waals surface area contributed by atoms with Crippen LogP contribution >= 0.6 is 0 Å². The first-order chi connectivity index (χ1) is 15.7. The Kier molecular flexibility index (Phi) is 5.55. The summed E-state index contributed by atoms with van der Waals surface area (Å²) >= 11 is 0. The lowest BCUT2D eigenvalue weighted by atomic mass is 10.1. The summed E-state index contributed by atoms with van der Waals surface area (Å²) < 4.78 is 16.6. The molecule has 4 aromatic heterocycles. The maximum atomic E-state index is 5.62. The Bertz CT molecular complexity index is 1190. The second-order valence-electron chi connectivity index (χ2n) is 7.66. The Balaban J connectivity index is 1.46. The Morgan fingerprint density at radius 2 is 1.91 bits per heavy atom. The predicted molar refractivity (Wildman–Crippen MR) is 119 cm³/mol. The van der Waals surface area contributed by atoms with Crippen LogP contribution in [0, 0.1) is 13.8 Å². The van der Waals surface area contributed by atoms with Gasteiger partial charge in [0.25, 0.3) is 0 Å². The molecule has 1 N–H and O–H groups in total. The molecule has 0 aliphatic carbocycles. The van der Waals surface area contributed by atoms with E-state index in [9.17, 15) is 0 Å². The SMILES string of the molecule is Cc1cc(-c2cnc(NCc3ccc(C)o3)nc2-c2ccc(N3CCOCC3)nc2)on1. The van der Waals surface area contributed by atoms with Gasteiger partial charge in [0, 0.05) is 37.1 Å². The molecule has 1 aliphatic heterocycles. The van der Waals surface area contributed by atoms with Crippen LogP contribution in [0.5, 0.6) is 0 Å². The van der Waals surface area contributed by atoms with E-state index >= 15 is 0 Å². The number of ether oxygens (including phenoxy) is 1. The molecule has 9 nitrogen and oxygen atoms in total. The van der Waals surface area contributed by atoms with E-state index in [0.29, 0.717) is 31.5 Å². The van der Waals surface area contributed by atoms with Gasteiger partial charge in [-0.1, -0.05) is 5.16 Å². The summed E-state index contributed by atoms with van der Waals surface area (Å²) in [4.78, 5) is 16.1. The van der Waals surface area contributed by atoms with Crippen molar-refractivity contribution in [2.75, 3.05) is 36.5 Å². The van der Waals surface area contributed by atoms with Gasteiger partial charge in [-0.25, -0.2) is 15.0 Å². The number of furan rings is 1. The van der Waals surface area contributed by atoms with Gasteiger partial charge >= 0.3 is 0 Å². The lowest BCUT2D eigenvalue weighted by Crippen LogP contribution is -2.36. The van der Waals surface area contributed by atoms with Crippen LogP contribution in [0.15, 0.2) is 51.7 Å². The zero-order valence-electron chi connectivity index (χ0n) is 18.0. The van der Waals surface area contributed by atoms with Crippen molar-refractivity contribution >= 4 is 11.8 Å². The van der Waals surface area contributed by atoms with Gasteiger partial charge in [-0.15, -0.1) is 0 Å². The quantitative estimate of drug-likeness (QED) is 0.486. The second-order valence-corrected chi connectivity index (χ2v) is 7.66. The normalized spacial score (nSPS) is 14.0. The number of nitrogens with zero attached hydrogens (tertiary/aromatic N) is 5. The smallest absolute Gasteiger partial charge is 0.223 e. The first kappa shape index (κ1) is 20.2. The van der Waals surface area contributed by atoms with Crippen LogP contribution in [0.4, 0.5) is 11.8 Å². The van der Waals surface area contributed by atoms with E-state index < -0.39 is 0 Å². The minimum atomic E-state index is 0.488. The number of aryl methyl sites for hydroxylation is 2. The van der Waals surface area contributed by atoms with Gasteiger partial charge in [0.15, 0.2) is 5.76 Å². The molecular weight excluding hydrogens is 408 g/mol. The van der Waals surface area contributed by atoms with Crippen molar-refractivity contribution in [2.45, 2.75) is 20.4 Å². The maximum absolute atomic E-state index is 5.62. The molecule has 164 valence electrons. The average molecular weight is 432 g/mol. The van der Waals surface area contributed by atoms with Crippen molar-refractivity contribution in [3.63, 3.8) is 0 Å². The summed E-state index contributed by atoms with van der Waals surface area (Å²) in [5.74, 6) is 3.72. The highest BCUT2D eigenvalue weighted by molar-refractivity contribution is 5.78. The fourth-order valence-corrected chi connectivity index (χ4v) is 3.61. The third kappa shape index (κ3) is 4.33. The molecule has 1 fully saturated rings. The molecule has 4 aromatic rings. The third-order valence-corrected chi connectivity index (χ3v) is 5.26. The summed E-state index contributed by atoms with van der Waals surface area (Å²) in [5.41, 5.74) is 3.13. The molecule has 0 atom stereocenters. The fraction of sp³-hybridized carbons (Fsp3) is 0.304. The molecule has 0 unspecified atom stereocenters. The zero-order valence-corrected chi connectivity index (χ0v) is 18.0. The largest absolute Gasteiger partial charge is 0.465 e. The lowest BCUT2D eigenvalue weighted by Gasteiger charge is -2.27. The lowest BCUT2D eigenvalue weighted by molar-refractivity contribution is 0.122. The van der Waals surface area contributed by atoms with Crippen LogP contribution < -0.4 is 10.2 Å². The summed E-state index contributed by atoms with van der Waals surface area (Å²) in [6.07, 6.45) is 3.58. The number of rotatable bonds is 6. The minimum absolute atomic E-state index is 0.488. The third-order valence-electron chi connectivity index (χ3n) is 5.26. The van der Waals surface area contributed by atoms with E-state index in [0.717, 1.165) is 52.9 Å². The Hall–Kier alpha value is -3.72. The number of aromatic nitrogens is 4. The molecule has 0 radical (unpaired) electrons. The number of nitrogens with one attached hydrogen (secondary N) is 1. The van der Waals surface area contributed by atoms with Gasteiger partial charge in [0.1, 0.15) is 17.3 Å². The van der Waals surface area contributed by atoms with Gasteiger partial charge in [-0.2, -0.15) is 0 Å². The number of morpholine rings is 1. The summed E-state index contributed by atoms with van der Waals surface area (Å²) in [6, 6.07) is 9.77. The molecule has 0 bridgehead atoms. The van der Waals surface area contributed by atoms with Gasteiger partial charge in [0.05, 0.1) is 36.7 Å². The number of anilines is 2. The van der Waals surface area contributed by atoms with Gasteiger partial charge in [-0.3, -0.25) is 0 Å². The summed E-state index contributed by atoms with van der Waals surface area (Å²) in [7, 11) is 0. The van der Waals surface area contributed by atoms with E-state index in [1.165, 1.54) is 0 Å². The van der Waals surface area contributed by atoms with E-state index in [1.807, 2.05) is 50.4 Å². The molecule has 1 aliphatic rings. The summed E-state index contributed by atoms with van der Waals surface area (Å²) in [5, 5.41) is 7.24. The topological polar surface area (TPSA) is 102 Å². The van der Waals surface area contributed by atoms with Gasteiger partial charge in [-0.05, 0) is 38.1 Å². The van der Waals surface area contributed by atoms with Crippen LogP contribution in [0.1, 0.15) is 17.2 Å². The highest BCUT2D eigenvalue weighted by Gasteiger charge is 2.17. The predicted octanol–water partition coefficient (Wildman–Crippen LogP) is 3.85. The molecule has 0 amide bonds. The van der Waals surface area contributed by atoms with Crippen molar-refractivity contribution in [1.29, 1.82) is 0 Å². The molecule has 0 aromatic carbocycles. The molecule has 32 heavy (non-hydrogen) atoms. The second kappa shape index (κ2) is 8.80. The Labute approximate surface area is 185 Å². The first-order valence-corrected chi connectivity index (χ1v) is 10.5. The van der Waals surface area contributed by atoms with E-state index in [4.69, 9.17) is 18.7 Å². The monoisotopic (exact) mass is 432 g/mol. The minimum Gasteiger partial charge on any atom is -0.465 e. The van der Waals surface area contributed by atoms with Crippen molar-refractivity contribution in [2.24, 2.45) is 0 Å². The van der Waals surface area contributed by atoms with Crippen molar-refractivity contribution in [3.05, 3.63) is 59.9 Å². The van der Waals surface area contributed by atoms with Gasteiger partial charge < -0.3 is 23.9 Å². The van der Waals surface area contributed by atoms with Crippen molar-refractivity contribution in [1.82, 2.24) is 20.1 Å². The first-order valence-electron chi connectivity index (χ1n) is 10.5. The standard InChI is InChI=1S/C23H24N6O3/c1-15-11-20(32-28-15)19-14-26-23(25-13-18-5-3-16(2)31-18)27-22(19)17-4-6-21(24-12-17)29-7-9-30-10-8-29/h3-6,11-12,14H,7-10,13H2,1-2H3,(H,25,26,27). The fourth-order valence-electron chi connectivity index (χ4n) is 3.61. The van der Waals surface area contributed by atoms with E-state index in [2.05, 4.69) is 25.3 Å². The van der Waals surface area contributed by atoms with E-state index in [-0.39, 0.29) is 0 Å². The van der Waals surface area contributed by atoms with Crippen molar-refractivity contribution < 1.29 is 13.7 Å². The molecule has 9 heteroatoms. The molecule has 0 saturated carbocycles. The average Bonchev–Trinajstić information content (AvgIpc) is 3.46. The van der Waals surface area contributed by atoms with Crippen LogP contribution in [0.2, 0.25) is 0 Å². The van der Waals surface area contributed by atoms with Crippen molar-refractivity contribution in [3.8, 4) is 22.6 Å². The molecular formula is C23H24N6O3. The molecule has 5 rings (SSSR count). The van der Waals surface area contributed by atoms with Gasteiger partial charge in [0.2, 0.25) is 5.95 Å². The summed E-state index contributed by atoms with van der Waals surface area (Å²) in [6.45, 7) is 7.39. The van der Waals surface area contributed by atoms with Crippen LogP contribution in [-0.4, -0.2) is 46.4 Å². The highest BCUT2D eigenvalue weighted by Crippen LogP contribution is 2.31. The molecule has 5 heterocycles. The number of pyridine rings is 1. The molecule has 1 saturated heterocycles. The van der Waals surface area contributed by atoms with Crippen LogP contribution in [0.3, 0.4) is 0 Å². The Morgan fingerprint density at radius 1 is 1.03 bits per heavy atom.